The lowest BCUT2D eigenvalue weighted by Gasteiger charge is -2.20. The molecule has 0 bridgehead atoms. The second kappa shape index (κ2) is 7.66. The molecule has 6 heteroatoms. The fourth-order valence-corrected chi connectivity index (χ4v) is 2.35. The van der Waals surface area contributed by atoms with E-state index in [0.717, 1.165) is 24.4 Å². The first-order chi connectivity index (χ1) is 11.3. The predicted molar refractivity (Wildman–Crippen MR) is 93.7 cm³/mol. The van der Waals surface area contributed by atoms with Gasteiger partial charge in [0, 0.05) is 18.7 Å². The van der Waals surface area contributed by atoms with E-state index in [4.69, 9.17) is 0 Å². The number of hydrogen-bond acceptors (Lipinski definition) is 4. The Hall–Kier alpha value is -2.08. The van der Waals surface area contributed by atoms with Crippen LogP contribution in [-0.4, -0.2) is 47.0 Å². The van der Waals surface area contributed by atoms with Crippen LogP contribution in [0.25, 0.3) is 11.0 Å². The third-order valence-corrected chi connectivity index (χ3v) is 4.25. The molecule has 0 saturated carbocycles. The molecule has 1 N–H and O–H groups in total. The Morgan fingerprint density at radius 1 is 1.25 bits per heavy atom. The third kappa shape index (κ3) is 4.26. The van der Waals surface area contributed by atoms with Crippen LogP contribution >= 0.6 is 0 Å². The van der Waals surface area contributed by atoms with Crippen LogP contribution in [0, 0.1) is 19.7 Å². The van der Waals surface area contributed by atoms with Gasteiger partial charge in [0.2, 0.25) is 0 Å². The number of benzene rings is 1. The Morgan fingerprint density at radius 3 is 2.58 bits per heavy atom. The van der Waals surface area contributed by atoms with E-state index in [1.54, 1.807) is 0 Å². The largest absolute Gasteiger partial charge is 0.352 e. The quantitative estimate of drug-likeness (QED) is 0.827. The molecule has 1 heterocycles. The van der Waals surface area contributed by atoms with Gasteiger partial charge >= 0.3 is 0 Å². The second-order valence-corrected chi connectivity index (χ2v) is 6.40. The second-order valence-electron chi connectivity index (χ2n) is 6.40. The highest BCUT2D eigenvalue weighted by Gasteiger charge is 2.15. The van der Waals surface area contributed by atoms with Gasteiger partial charge in [0.05, 0.1) is 22.5 Å². The van der Waals surface area contributed by atoms with Crippen molar-refractivity contribution in [3.8, 4) is 0 Å². The van der Waals surface area contributed by atoms with Gasteiger partial charge in [0.15, 0.2) is 0 Å². The Kier molecular flexibility index (Phi) is 5.83. The molecule has 130 valence electrons. The lowest BCUT2D eigenvalue weighted by molar-refractivity contribution is 0.0952. The smallest absolute Gasteiger partial charge is 0.253 e. The standard InChI is InChI=1S/C18H25FN4O/c1-11(2)23(5)8-6-7-20-18(24)15-9-14(19)10-16-17(15)22-13(4)12(3)21-16/h9-11H,6-8H2,1-5H3,(H,20,24). The summed E-state index contributed by atoms with van der Waals surface area (Å²) in [5.74, 6) is -0.797. The molecule has 0 radical (unpaired) electrons. The van der Waals surface area contributed by atoms with E-state index in [1.807, 2.05) is 20.9 Å². The molecule has 0 unspecified atom stereocenters. The number of hydrogen-bond donors (Lipinski definition) is 1. The predicted octanol–water partition coefficient (Wildman–Crippen LogP) is 2.85. The molecular formula is C18H25FN4O. The Balaban J connectivity index is 2.13. The van der Waals surface area contributed by atoms with Crippen LogP contribution in [0.15, 0.2) is 12.1 Å². The van der Waals surface area contributed by atoms with Crippen LogP contribution < -0.4 is 5.32 Å². The van der Waals surface area contributed by atoms with Crippen LogP contribution in [-0.2, 0) is 0 Å². The molecule has 0 atom stereocenters. The van der Waals surface area contributed by atoms with E-state index in [-0.39, 0.29) is 11.5 Å². The van der Waals surface area contributed by atoms with E-state index in [1.165, 1.54) is 12.1 Å². The highest BCUT2D eigenvalue weighted by Crippen LogP contribution is 2.19. The minimum atomic E-state index is -0.482. The molecule has 24 heavy (non-hydrogen) atoms. The maximum Gasteiger partial charge on any atom is 0.253 e. The summed E-state index contributed by atoms with van der Waals surface area (Å²) in [7, 11) is 2.05. The van der Waals surface area contributed by atoms with Crippen LogP contribution in [0.5, 0.6) is 0 Å². The van der Waals surface area contributed by atoms with Gasteiger partial charge in [0.1, 0.15) is 11.3 Å². The van der Waals surface area contributed by atoms with Crippen molar-refractivity contribution in [2.75, 3.05) is 20.1 Å². The van der Waals surface area contributed by atoms with E-state index in [2.05, 4.69) is 34.0 Å². The van der Waals surface area contributed by atoms with Crippen LogP contribution in [0.1, 0.15) is 42.0 Å². The van der Waals surface area contributed by atoms with Gasteiger partial charge in [-0.1, -0.05) is 0 Å². The molecule has 0 aliphatic rings. The number of nitrogens with one attached hydrogen (secondary N) is 1. The van der Waals surface area contributed by atoms with Gasteiger partial charge < -0.3 is 10.2 Å². The summed E-state index contributed by atoms with van der Waals surface area (Å²) in [4.78, 5) is 23.4. The number of amides is 1. The Labute approximate surface area is 142 Å². The topological polar surface area (TPSA) is 58.1 Å². The van der Waals surface area contributed by atoms with Gasteiger partial charge in [-0.05, 0) is 53.8 Å². The lowest BCUT2D eigenvalue weighted by Crippen LogP contribution is -2.31. The monoisotopic (exact) mass is 332 g/mol. The van der Waals surface area contributed by atoms with Gasteiger partial charge in [-0.25, -0.2) is 14.4 Å². The fourth-order valence-electron chi connectivity index (χ4n) is 2.35. The Morgan fingerprint density at radius 2 is 1.92 bits per heavy atom. The van der Waals surface area contributed by atoms with Crippen LogP contribution in [0.4, 0.5) is 4.39 Å². The van der Waals surface area contributed by atoms with Crippen LogP contribution in [0.2, 0.25) is 0 Å². The fraction of sp³-hybridized carbons (Fsp3) is 0.500. The number of nitrogens with zero attached hydrogens (tertiary/aromatic N) is 3. The average Bonchev–Trinajstić information content (AvgIpc) is 2.51. The summed E-state index contributed by atoms with van der Waals surface area (Å²) in [5.41, 5.74) is 2.55. The molecule has 1 aromatic heterocycles. The number of aromatic nitrogens is 2. The summed E-state index contributed by atoms with van der Waals surface area (Å²) in [5, 5.41) is 2.85. The van der Waals surface area contributed by atoms with Gasteiger partial charge in [-0.3, -0.25) is 4.79 Å². The van der Waals surface area contributed by atoms with E-state index >= 15 is 0 Å². The molecule has 0 aliphatic carbocycles. The number of carbonyl (C=O) groups is 1. The van der Waals surface area contributed by atoms with Crippen molar-refractivity contribution in [3.63, 3.8) is 0 Å². The zero-order valence-electron chi connectivity index (χ0n) is 15.0. The Bertz CT molecular complexity index is 745. The summed E-state index contributed by atoms with van der Waals surface area (Å²) < 4.78 is 13.8. The summed E-state index contributed by atoms with van der Waals surface area (Å²) in [6.45, 7) is 9.32. The zero-order valence-corrected chi connectivity index (χ0v) is 15.0. The van der Waals surface area contributed by atoms with E-state index < -0.39 is 5.82 Å². The minimum Gasteiger partial charge on any atom is -0.352 e. The minimum absolute atomic E-state index is 0.234. The molecule has 2 rings (SSSR count). The zero-order chi connectivity index (χ0) is 17.9. The molecule has 5 nitrogen and oxygen atoms in total. The first kappa shape index (κ1) is 18.3. The van der Waals surface area contributed by atoms with Crippen molar-refractivity contribution in [2.24, 2.45) is 0 Å². The van der Waals surface area contributed by atoms with E-state index in [0.29, 0.717) is 23.6 Å². The maximum absolute atomic E-state index is 13.8. The van der Waals surface area contributed by atoms with Gasteiger partial charge in [0.25, 0.3) is 5.91 Å². The van der Waals surface area contributed by atoms with Gasteiger partial charge in [-0.15, -0.1) is 0 Å². The van der Waals surface area contributed by atoms with Crippen molar-refractivity contribution in [2.45, 2.75) is 40.2 Å². The number of fused-ring (bicyclic) bond motifs is 1. The molecular weight excluding hydrogens is 307 g/mol. The number of halogens is 1. The molecule has 0 saturated heterocycles. The van der Waals surface area contributed by atoms with Gasteiger partial charge in [-0.2, -0.15) is 0 Å². The summed E-state index contributed by atoms with van der Waals surface area (Å²) in [6, 6.07) is 3.00. The maximum atomic E-state index is 13.8. The number of aryl methyl sites for hydroxylation is 2. The first-order valence-electron chi connectivity index (χ1n) is 8.22. The van der Waals surface area contributed by atoms with Crippen molar-refractivity contribution in [1.82, 2.24) is 20.2 Å². The van der Waals surface area contributed by atoms with Crippen molar-refractivity contribution in [3.05, 3.63) is 34.9 Å². The lowest BCUT2D eigenvalue weighted by atomic mass is 10.1. The first-order valence-corrected chi connectivity index (χ1v) is 8.22. The highest BCUT2D eigenvalue weighted by atomic mass is 19.1. The SMILES string of the molecule is Cc1nc2cc(F)cc(C(=O)NCCCN(C)C(C)C)c2nc1C. The average molecular weight is 332 g/mol. The highest BCUT2D eigenvalue weighted by molar-refractivity contribution is 6.04. The van der Waals surface area contributed by atoms with Crippen molar-refractivity contribution < 1.29 is 9.18 Å². The van der Waals surface area contributed by atoms with Crippen molar-refractivity contribution in [1.29, 1.82) is 0 Å². The molecule has 0 fully saturated rings. The van der Waals surface area contributed by atoms with E-state index in [9.17, 15) is 9.18 Å². The molecule has 0 aliphatic heterocycles. The third-order valence-electron chi connectivity index (χ3n) is 4.25. The van der Waals surface area contributed by atoms with Crippen LogP contribution in [0.3, 0.4) is 0 Å². The number of rotatable bonds is 6. The molecule has 1 aromatic carbocycles. The number of carbonyl (C=O) groups excluding carboxylic acids is 1. The molecule has 2 aromatic rings. The summed E-state index contributed by atoms with van der Waals surface area (Å²) in [6.07, 6.45) is 0.831. The molecule has 1 amide bonds. The molecule has 0 spiro atoms. The summed E-state index contributed by atoms with van der Waals surface area (Å²) >= 11 is 0. The van der Waals surface area contributed by atoms with Crippen molar-refractivity contribution >= 4 is 16.9 Å². The normalized spacial score (nSPS) is 11.5.